The molecule has 2 atom stereocenters. The summed E-state index contributed by atoms with van der Waals surface area (Å²) in [5, 5.41) is 25.2. The number of ketones is 1. The zero-order valence-electron chi connectivity index (χ0n) is 19.2. The zero-order valence-corrected chi connectivity index (χ0v) is 19.2. The highest BCUT2D eigenvalue weighted by molar-refractivity contribution is 6.03. The summed E-state index contributed by atoms with van der Waals surface area (Å²) in [7, 11) is 0. The van der Waals surface area contributed by atoms with Gasteiger partial charge in [0.2, 0.25) is 5.75 Å². The Morgan fingerprint density at radius 1 is 1.32 bits per heavy atom. The number of benzene rings is 1. The average Bonchev–Trinajstić information content (AvgIpc) is 3.32. The molecule has 1 aliphatic carbocycles. The van der Waals surface area contributed by atoms with Crippen LogP contribution in [-0.4, -0.2) is 47.7 Å². The third-order valence-corrected chi connectivity index (χ3v) is 6.33. The van der Waals surface area contributed by atoms with E-state index in [1.807, 2.05) is 0 Å². The van der Waals surface area contributed by atoms with Crippen LogP contribution in [0.4, 0.5) is 5.69 Å². The number of nitro groups is 1. The summed E-state index contributed by atoms with van der Waals surface area (Å²) in [6.07, 6.45) is 3.12. The van der Waals surface area contributed by atoms with Crippen molar-refractivity contribution in [3.05, 3.63) is 50.4 Å². The van der Waals surface area contributed by atoms with Gasteiger partial charge in [0.05, 0.1) is 23.2 Å². The first-order valence-electron chi connectivity index (χ1n) is 11.5. The number of nitrogens with one attached hydrogen (secondary N) is 1. The van der Waals surface area contributed by atoms with Gasteiger partial charge in [-0.15, -0.1) is 0 Å². The highest BCUT2D eigenvalue weighted by Gasteiger charge is 2.40. The number of nitrogens with zero attached hydrogens (tertiary/aromatic N) is 1. The Labute approximate surface area is 196 Å². The molecule has 2 N–H and O–H groups in total. The van der Waals surface area contributed by atoms with Gasteiger partial charge in [0.1, 0.15) is 6.61 Å². The Bertz CT molecular complexity index is 1080. The van der Waals surface area contributed by atoms with Gasteiger partial charge in [-0.05, 0) is 51.2 Å². The molecule has 182 valence electrons. The van der Waals surface area contributed by atoms with E-state index in [-0.39, 0.29) is 36.4 Å². The Hall–Kier alpha value is -3.40. The lowest BCUT2D eigenvalue weighted by molar-refractivity contribution is -0.386. The van der Waals surface area contributed by atoms with E-state index in [4.69, 9.17) is 14.2 Å². The smallest absolute Gasteiger partial charge is 0.336 e. The van der Waals surface area contributed by atoms with Crippen molar-refractivity contribution >= 4 is 17.4 Å². The molecule has 10 heteroatoms. The number of phenols is 1. The lowest BCUT2D eigenvalue weighted by atomic mass is 9.75. The molecule has 0 amide bonds. The molecular weight excluding hydrogens is 444 g/mol. The number of nitro benzene ring substituents is 1. The molecule has 0 aromatic heterocycles. The maximum atomic E-state index is 13.3. The van der Waals surface area contributed by atoms with Gasteiger partial charge in [0, 0.05) is 42.0 Å². The molecule has 0 bridgehead atoms. The molecule has 2 unspecified atom stereocenters. The largest absolute Gasteiger partial charge is 0.500 e. The van der Waals surface area contributed by atoms with Crippen molar-refractivity contribution in [2.45, 2.75) is 58.0 Å². The first-order chi connectivity index (χ1) is 16.3. The van der Waals surface area contributed by atoms with Crippen molar-refractivity contribution in [3.8, 4) is 11.5 Å². The normalized spacial score (nSPS) is 22.4. The SMILES string of the molecule is CCOc1cc(C2C(C(=O)OCC3CCCO3)=C(C)NC3=C2C(=O)CCC3)cc([N+](=O)[O-])c1O. The fourth-order valence-electron chi connectivity index (χ4n) is 4.79. The van der Waals surface area contributed by atoms with Crippen molar-refractivity contribution in [2.24, 2.45) is 0 Å². The van der Waals surface area contributed by atoms with Gasteiger partial charge in [0.15, 0.2) is 11.5 Å². The van der Waals surface area contributed by atoms with Crippen LogP contribution in [0.1, 0.15) is 57.4 Å². The molecule has 1 saturated heterocycles. The van der Waals surface area contributed by atoms with Gasteiger partial charge in [-0.25, -0.2) is 4.79 Å². The Morgan fingerprint density at radius 2 is 2.12 bits per heavy atom. The van der Waals surface area contributed by atoms with E-state index in [2.05, 4.69) is 5.32 Å². The molecule has 1 aromatic rings. The van der Waals surface area contributed by atoms with Crippen molar-refractivity contribution in [1.82, 2.24) is 5.32 Å². The summed E-state index contributed by atoms with van der Waals surface area (Å²) in [4.78, 5) is 37.3. The number of dihydropyridines is 1. The number of Topliss-reactive ketones (excluding diaryl/α,β-unsaturated/α-hetero) is 1. The zero-order chi connectivity index (χ0) is 24.4. The van der Waals surface area contributed by atoms with Crippen molar-refractivity contribution in [2.75, 3.05) is 19.8 Å². The van der Waals surface area contributed by atoms with Crippen LogP contribution in [0, 0.1) is 10.1 Å². The number of esters is 1. The minimum Gasteiger partial charge on any atom is -0.500 e. The minimum atomic E-state index is -0.889. The standard InChI is InChI=1S/C24H28N2O8/c1-3-32-19-11-14(10-17(23(19)28)26(30)31)21-20(24(29)34-12-15-6-5-9-33-15)13(2)25-16-7-4-8-18(27)22(16)21/h10-11,15,21,25,28H,3-9,12H2,1-2H3. The molecule has 0 radical (unpaired) electrons. The molecule has 1 aromatic carbocycles. The van der Waals surface area contributed by atoms with E-state index in [9.17, 15) is 24.8 Å². The molecule has 0 saturated carbocycles. The first kappa shape index (κ1) is 23.7. The van der Waals surface area contributed by atoms with Gasteiger partial charge in [-0.2, -0.15) is 0 Å². The number of carbonyl (C=O) groups is 2. The lowest BCUT2D eigenvalue weighted by Crippen LogP contribution is -2.35. The number of carbonyl (C=O) groups excluding carboxylic acids is 2. The number of hydrogen-bond donors (Lipinski definition) is 2. The van der Waals surface area contributed by atoms with Crippen LogP contribution in [0.25, 0.3) is 0 Å². The summed E-state index contributed by atoms with van der Waals surface area (Å²) < 4.78 is 16.5. The third kappa shape index (κ3) is 4.50. The Balaban J connectivity index is 1.81. The molecule has 4 rings (SSSR count). The summed E-state index contributed by atoms with van der Waals surface area (Å²) in [6, 6.07) is 2.65. The molecule has 2 heterocycles. The average molecular weight is 472 g/mol. The van der Waals surface area contributed by atoms with Crippen LogP contribution in [0.3, 0.4) is 0 Å². The van der Waals surface area contributed by atoms with Gasteiger partial charge >= 0.3 is 11.7 Å². The number of phenolic OH excluding ortho intramolecular Hbond substituents is 1. The van der Waals surface area contributed by atoms with E-state index in [1.54, 1.807) is 13.8 Å². The Kier molecular flexibility index (Phi) is 6.87. The van der Waals surface area contributed by atoms with Crippen LogP contribution >= 0.6 is 0 Å². The molecule has 10 nitrogen and oxygen atoms in total. The van der Waals surface area contributed by atoms with Gasteiger partial charge in [-0.1, -0.05) is 0 Å². The molecular formula is C24H28N2O8. The number of rotatable bonds is 7. The molecule has 3 aliphatic rings. The number of allylic oxidation sites excluding steroid dienone is 3. The van der Waals surface area contributed by atoms with E-state index >= 15 is 0 Å². The van der Waals surface area contributed by atoms with Gasteiger partial charge in [-0.3, -0.25) is 14.9 Å². The first-order valence-corrected chi connectivity index (χ1v) is 11.5. The maximum absolute atomic E-state index is 13.3. The lowest BCUT2D eigenvalue weighted by Gasteiger charge is -2.34. The van der Waals surface area contributed by atoms with E-state index in [0.717, 1.165) is 12.8 Å². The number of hydrogen-bond acceptors (Lipinski definition) is 9. The Morgan fingerprint density at radius 3 is 2.79 bits per heavy atom. The summed E-state index contributed by atoms with van der Waals surface area (Å²) in [5.74, 6) is -2.33. The molecule has 0 spiro atoms. The van der Waals surface area contributed by atoms with E-state index in [0.29, 0.717) is 48.4 Å². The highest BCUT2D eigenvalue weighted by Crippen LogP contribution is 2.47. The van der Waals surface area contributed by atoms with E-state index in [1.165, 1.54) is 12.1 Å². The van der Waals surface area contributed by atoms with E-state index < -0.39 is 28.2 Å². The van der Waals surface area contributed by atoms with Crippen LogP contribution < -0.4 is 10.1 Å². The van der Waals surface area contributed by atoms with Crippen LogP contribution in [0.15, 0.2) is 34.7 Å². The van der Waals surface area contributed by atoms with Crippen molar-refractivity contribution in [3.63, 3.8) is 0 Å². The second-order valence-electron chi connectivity index (χ2n) is 8.58. The van der Waals surface area contributed by atoms with Crippen molar-refractivity contribution < 1.29 is 33.8 Å². The molecule has 1 fully saturated rings. The molecule has 34 heavy (non-hydrogen) atoms. The van der Waals surface area contributed by atoms with Crippen molar-refractivity contribution in [1.29, 1.82) is 0 Å². The minimum absolute atomic E-state index is 0.0830. The maximum Gasteiger partial charge on any atom is 0.336 e. The third-order valence-electron chi connectivity index (χ3n) is 6.33. The highest BCUT2D eigenvalue weighted by atomic mass is 16.6. The van der Waals surface area contributed by atoms with Crippen LogP contribution in [0.5, 0.6) is 11.5 Å². The van der Waals surface area contributed by atoms with Gasteiger partial charge < -0.3 is 24.6 Å². The quantitative estimate of drug-likeness (QED) is 0.347. The van der Waals surface area contributed by atoms with Gasteiger partial charge in [0.25, 0.3) is 0 Å². The molecule has 2 aliphatic heterocycles. The summed E-state index contributed by atoms with van der Waals surface area (Å²) >= 11 is 0. The summed E-state index contributed by atoms with van der Waals surface area (Å²) in [5.41, 5.74) is 1.56. The fourth-order valence-corrected chi connectivity index (χ4v) is 4.79. The second-order valence-corrected chi connectivity index (χ2v) is 8.58. The number of aromatic hydroxyl groups is 1. The fraction of sp³-hybridized carbons (Fsp3) is 0.500. The summed E-state index contributed by atoms with van der Waals surface area (Å²) in [6.45, 7) is 4.28. The van der Waals surface area contributed by atoms with Crippen LogP contribution in [0.2, 0.25) is 0 Å². The topological polar surface area (TPSA) is 137 Å². The monoisotopic (exact) mass is 472 g/mol. The number of ether oxygens (including phenoxy) is 3. The predicted octanol–water partition coefficient (Wildman–Crippen LogP) is 3.39. The second kappa shape index (κ2) is 9.84. The predicted molar refractivity (Wildman–Crippen MR) is 120 cm³/mol. The van der Waals surface area contributed by atoms with Crippen LogP contribution in [-0.2, 0) is 19.1 Å².